The summed E-state index contributed by atoms with van der Waals surface area (Å²) >= 11 is 0. The summed E-state index contributed by atoms with van der Waals surface area (Å²) in [5, 5.41) is 2.47. The predicted octanol–water partition coefficient (Wildman–Crippen LogP) is 3.52. The topological polar surface area (TPSA) is 29.5 Å². The first-order chi connectivity index (χ1) is 9.29. The van der Waals surface area contributed by atoms with Crippen LogP contribution in [0.1, 0.15) is 11.5 Å². The van der Waals surface area contributed by atoms with E-state index in [0.29, 0.717) is 6.54 Å². The van der Waals surface area contributed by atoms with Crippen molar-refractivity contribution < 1.29 is 9.53 Å². The molecule has 0 N–H and O–H groups in total. The van der Waals surface area contributed by atoms with Crippen LogP contribution >= 0.6 is 0 Å². The normalized spacial score (nSPS) is 17.9. The number of amides is 1. The van der Waals surface area contributed by atoms with E-state index in [2.05, 4.69) is 36.4 Å². The Morgan fingerprint density at radius 1 is 1.21 bits per heavy atom. The summed E-state index contributed by atoms with van der Waals surface area (Å²) in [5.41, 5.74) is 1.25. The lowest BCUT2D eigenvalue weighted by molar-refractivity contribution is 0.142. The summed E-state index contributed by atoms with van der Waals surface area (Å²) < 4.78 is 4.74. The van der Waals surface area contributed by atoms with Gasteiger partial charge in [0.25, 0.3) is 0 Å². The lowest BCUT2D eigenvalue weighted by atomic mass is 9.94. The maximum atomic E-state index is 11.5. The molecule has 3 rings (SSSR count). The molecule has 1 amide bonds. The minimum Gasteiger partial charge on any atom is -0.452 e. The van der Waals surface area contributed by atoms with Crippen molar-refractivity contribution >= 4 is 16.9 Å². The molecule has 1 aliphatic heterocycles. The molecule has 1 aliphatic rings. The van der Waals surface area contributed by atoms with Crippen LogP contribution in [-0.2, 0) is 4.74 Å². The Morgan fingerprint density at radius 3 is 2.84 bits per heavy atom. The van der Waals surface area contributed by atoms with E-state index in [1.807, 2.05) is 12.1 Å². The maximum absolute atomic E-state index is 11.5. The van der Waals surface area contributed by atoms with E-state index in [-0.39, 0.29) is 12.0 Å². The van der Waals surface area contributed by atoms with Crippen molar-refractivity contribution in [2.45, 2.75) is 5.92 Å². The summed E-state index contributed by atoms with van der Waals surface area (Å²) in [7, 11) is 1.40. The number of methoxy groups -OCH3 is 1. The Hall–Kier alpha value is -2.29. The molecule has 96 valence electrons. The highest BCUT2D eigenvalue weighted by molar-refractivity contribution is 5.86. The van der Waals surface area contributed by atoms with Gasteiger partial charge in [-0.3, -0.25) is 4.90 Å². The van der Waals surface area contributed by atoms with Crippen LogP contribution in [0.3, 0.4) is 0 Å². The number of carbonyl (C=O) groups excluding carboxylic acids is 1. The standard InChI is InChI=1S/C16H15NO2/c1-19-16(18)17-10-9-13(11-17)15-8-4-6-12-5-2-3-7-14(12)15/h2-10,13H,11H2,1H3/t13-/m0/s1. The largest absolute Gasteiger partial charge is 0.452 e. The van der Waals surface area contributed by atoms with E-state index in [0.717, 1.165) is 0 Å². The number of carbonyl (C=O) groups is 1. The Labute approximate surface area is 112 Å². The molecule has 0 aliphatic carbocycles. The van der Waals surface area contributed by atoms with Gasteiger partial charge in [-0.05, 0) is 16.3 Å². The lowest BCUT2D eigenvalue weighted by Crippen LogP contribution is -2.25. The van der Waals surface area contributed by atoms with Crippen molar-refractivity contribution in [2.75, 3.05) is 13.7 Å². The minimum absolute atomic E-state index is 0.227. The van der Waals surface area contributed by atoms with Gasteiger partial charge in [-0.15, -0.1) is 0 Å². The molecule has 0 radical (unpaired) electrons. The van der Waals surface area contributed by atoms with Crippen molar-refractivity contribution in [2.24, 2.45) is 0 Å². The molecule has 19 heavy (non-hydrogen) atoms. The smallest absolute Gasteiger partial charge is 0.413 e. The van der Waals surface area contributed by atoms with Crippen LogP contribution in [0.15, 0.2) is 54.7 Å². The number of fused-ring (bicyclic) bond motifs is 1. The molecular formula is C16H15NO2. The second kappa shape index (κ2) is 4.76. The third-order valence-electron chi connectivity index (χ3n) is 3.52. The average Bonchev–Trinajstić information content (AvgIpc) is 2.95. The van der Waals surface area contributed by atoms with Crippen molar-refractivity contribution in [1.29, 1.82) is 0 Å². The van der Waals surface area contributed by atoms with Gasteiger partial charge < -0.3 is 4.74 Å². The molecule has 1 atom stereocenters. The highest BCUT2D eigenvalue weighted by Crippen LogP contribution is 2.30. The zero-order chi connectivity index (χ0) is 13.2. The van der Waals surface area contributed by atoms with Crippen molar-refractivity contribution in [3.05, 3.63) is 60.3 Å². The quantitative estimate of drug-likeness (QED) is 0.778. The van der Waals surface area contributed by atoms with Gasteiger partial charge in [-0.25, -0.2) is 4.79 Å². The molecule has 0 aromatic heterocycles. The van der Waals surface area contributed by atoms with Crippen molar-refractivity contribution in [1.82, 2.24) is 4.90 Å². The fraction of sp³-hybridized carbons (Fsp3) is 0.188. The second-order valence-electron chi connectivity index (χ2n) is 4.64. The van der Waals surface area contributed by atoms with Crippen LogP contribution < -0.4 is 0 Å². The Morgan fingerprint density at radius 2 is 2.00 bits per heavy atom. The van der Waals surface area contributed by atoms with Gasteiger partial charge >= 0.3 is 6.09 Å². The highest BCUT2D eigenvalue weighted by Gasteiger charge is 2.23. The third-order valence-corrected chi connectivity index (χ3v) is 3.52. The van der Waals surface area contributed by atoms with Crippen LogP contribution in [0.4, 0.5) is 4.79 Å². The van der Waals surface area contributed by atoms with Gasteiger partial charge in [0.05, 0.1) is 7.11 Å². The summed E-state index contributed by atoms with van der Waals surface area (Å²) in [6, 6.07) is 14.6. The van der Waals surface area contributed by atoms with Gasteiger partial charge in [-0.1, -0.05) is 48.5 Å². The second-order valence-corrected chi connectivity index (χ2v) is 4.64. The van der Waals surface area contributed by atoms with E-state index in [1.165, 1.54) is 23.4 Å². The molecule has 0 spiro atoms. The maximum Gasteiger partial charge on any atom is 0.413 e. The summed E-state index contributed by atoms with van der Waals surface area (Å²) in [4.78, 5) is 13.1. The Bertz CT molecular complexity index is 643. The fourth-order valence-corrected chi connectivity index (χ4v) is 2.57. The number of ether oxygens (including phenoxy) is 1. The molecule has 2 aromatic rings. The van der Waals surface area contributed by atoms with Crippen LogP contribution in [0, 0.1) is 0 Å². The van der Waals surface area contributed by atoms with Crippen LogP contribution in [0.2, 0.25) is 0 Å². The van der Waals surface area contributed by atoms with Gasteiger partial charge in [0, 0.05) is 18.7 Å². The molecular weight excluding hydrogens is 238 g/mol. The summed E-state index contributed by atoms with van der Waals surface area (Å²) in [5.74, 6) is 0.227. The van der Waals surface area contributed by atoms with E-state index < -0.39 is 0 Å². The number of nitrogens with zero attached hydrogens (tertiary/aromatic N) is 1. The first kappa shape index (κ1) is 11.8. The monoisotopic (exact) mass is 253 g/mol. The van der Waals surface area contributed by atoms with Crippen LogP contribution in [-0.4, -0.2) is 24.6 Å². The first-order valence-corrected chi connectivity index (χ1v) is 6.30. The molecule has 0 bridgehead atoms. The third kappa shape index (κ3) is 2.08. The van der Waals surface area contributed by atoms with E-state index >= 15 is 0 Å². The van der Waals surface area contributed by atoms with Gasteiger partial charge in [0.1, 0.15) is 0 Å². The Kier molecular flexibility index (Phi) is 2.95. The van der Waals surface area contributed by atoms with Crippen molar-refractivity contribution in [3.63, 3.8) is 0 Å². The summed E-state index contributed by atoms with van der Waals surface area (Å²) in [6.45, 7) is 0.640. The highest BCUT2D eigenvalue weighted by atomic mass is 16.5. The summed E-state index contributed by atoms with van der Waals surface area (Å²) in [6.07, 6.45) is 3.55. The molecule has 3 heteroatoms. The number of hydrogen-bond donors (Lipinski definition) is 0. The van der Waals surface area contributed by atoms with Gasteiger partial charge in [0.15, 0.2) is 0 Å². The lowest BCUT2D eigenvalue weighted by Gasteiger charge is -2.16. The van der Waals surface area contributed by atoms with Crippen LogP contribution in [0.5, 0.6) is 0 Å². The minimum atomic E-state index is -0.306. The molecule has 0 unspecified atom stereocenters. The Balaban J connectivity index is 1.95. The first-order valence-electron chi connectivity index (χ1n) is 6.30. The molecule has 0 saturated heterocycles. The zero-order valence-corrected chi connectivity index (χ0v) is 10.7. The SMILES string of the molecule is COC(=O)N1C=C[C@H](c2cccc3ccccc23)C1. The molecule has 0 saturated carbocycles. The van der Waals surface area contributed by atoms with Crippen LogP contribution in [0.25, 0.3) is 10.8 Å². The number of rotatable bonds is 1. The fourth-order valence-electron chi connectivity index (χ4n) is 2.57. The number of hydrogen-bond acceptors (Lipinski definition) is 2. The average molecular weight is 253 g/mol. The molecule has 2 aromatic carbocycles. The molecule has 3 nitrogen and oxygen atoms in total. The van der Waals surface area contributed by atoms with E-state index in [4.69, 9.17) is 4.74 Å². The molecule has 1 heterocycles. The molecule has 0 fully saturated rings. The predicted molar refractivity (Wildman–Crippen MR) is 74.9 cm³/mol. The van der Waals surface area contributed by atoms with E-state index in [9.17, 15) is 4.79 Å². The van der Waals surface area contributed by atoms with Gasteiger partial charge in [0.2, 0.25) is 0 Å². The zero-order valence-electron chi connectivity index (χ0n) is 10.7. The van der Waals surface area contributed by atoms with Gasteiger partial charge in [-0.2, -0.15) is 0 Å². The van der Waals surface area contributed by atoms with Crippen molar-refractivity contribution in [3.8, 4) is 0 Å². The number of benzene rings is 2. The van der Waals surface area contributed by atoms with E-state index in [1.54, 1.807) is 11.1 Å².